The Morgan fingerprint density at radius 3 is 2.39 bits per heavy atom. The lowest BCUT2D eigenvalue weighted by atomic mass is 10.0. The summed E-state index contributed by atoms with van der Waals surface area (Å²) in [7, 11) is 0. The Balaban J connectivity index is 2.04. The van der Waals surface area contributed by atoms with Gasteiger partial charge in [-0.05, 0) is 39.7 Å². The average molecular weight is 369 g/mol. The number of amides is 1. The highest BCUT2D eigenvalue weighted by molar-refractivity contribution is 9.10. The number of aromatic nitrogens is 1. The van der Waals surface area contributed by atoms with Crippen LogP contribution >= 0.6 is 15.9 Å². The highest BCUT2D eigenvalue weighted by Crippen LogP contribution is 2.24. The maximum atomic E-state index is 12.6. The van der Waals surface area contributed by atoms with E-state index in [2.05, 4.69) is 26.2 Å². The lowest BCUT2D eigenvalue weighted by Crippen LogP contribution is -2.24. The summed E-state index contributed by atoms with van der Waals surface area (Å²) in [5, 5.41) is 2.77. The Morgan fingerprint density at radius 1 is 0.957 bits per heavy atom. The van der Waals surface area contributed by atoms with Crippen molar-refractivity contribution in [3.8, 4) is 11.1 Å². The van der Waals surface area contributed by atoms with Crippen LogP contribution in [0.2, 0.25) is 0 Å². The summed E-state index contributed by atoms with van der Waals surface area (Å²) >= 11 is 3.38. The van der Waals surface area contributed by atoms with Gasteiger partial charge in [0.2, 0.25) is 0 Å². The number of carbonyl (C=O) groups excluding carboxylic acids is 1. The molecule has 0 atom stereocenters. The quantitative estimate of drug-likeness (QED) is 0.732. The summed E-state index contributed by atoms with van der Waals surface area (Å²) in [4.78, 5) is 27.4. The van der Waals surface area contributed by atoms with Crippen LogP contribution in [0.1, 0.15) is 10.4 Å². The van der Waals surface area contributed by atoms with E-state index in [4.69, 9.17) is 0 Å². The summed E-state index contributed by atoms with van der Waals surface area (Å²) < 4.78 is 0.752. The van der Waals surface area contributed by atoms with Crippen molar-refractivity contribution in [1.82, 2.24) is 4.98 Å². The van der Waals surface area contributed by atoms with Gasteiger partial charge in [0.25, 0.3) is 11.5 Å². The lowest BCUT2D eigenvalue weighted by Gasteiger charge is -2.10. The summed E-state index contributed by atoms with van der Waals surface area (Å²) in [6, 6.07) is 18.3. The maximum Gasteiger partial charge on any atom is 0.261 e. The number of para-hydroxylation sites is 1. The molecule has 114 valence electrons. The van der Waals surface area contributed by atoms with Crippen LogP contribution in [0.25, 0.3) is 11.1 Å². The minimum absolute atomic E-state index is 0.0921. The monoisotopic (exact) mass is 368 g/mol. The molecule has 0 aliphatic carbocycles. The topological polar surface area (TPSA) is 62.0 Å². The molecule has 0 bridgehead atoms. The molecule has 5 heteroatoms. The van der Waals surface area contributed by atoms with Gasteiger partial charge in [-0.2, -0.15) is 0 Å². The van der Waals surface area contributed by atoms with Crippen LogP contribution in [-0.4, -0.2) is 10.9 Å². The first-order chi connectivity index (χ1) is 11.2. The third-order valence-electron chi connectivity index (χ3n) is 3.39. The molecule has 0 aliphatic heterocycles. The minimum atomic E-state index is -0.447. The number of rotatable bonds is 3. The van der Waals surface area contributed by atoms with Crippen molar-refractivity contribution >= 4 is 27.5 Å². The van der Waals surface area contributed by atoms with Crippen LogP contribution in [0.5, 0.6) is 0 Å². The molecule has 0 aliphatic rings. The molecule has 0 unspecified atom stereocenters. The van der Waals surface area contributed by atoms with E-state index in [9.17, 15) is 9.59 Å². The molecular weight excluding hydrogens is 356 g/mol. The van der Waals surface area contributed by atoms with Gasteiger partial charge in [-0.3, -0.25) is 9.59 Å². The number of pyridine rings is 1. The molecule has 1 heterocycles. The highest BCUT2D eigenvalue weighted by Gasteiger charge is 2.17. The van der Waals surface area contributed by atoms with Gasteiger partial charge in [-0.15, -0.1) is 0 Å². The van der Waals surface area contributed by atoms with E-state index in [0.717, 1.165) is 10.0 Å². The van der Waals surface area contributed by atoms with Crippen LogP contribution in [-0.2, 0) is 0 Å². The molecular formula is C18H13BrN2O2. The standard InChI is InChI=1S/C18H13BrN2O2/c19-14-8-4-5-9-15(14)21-18(23)16-13(10-11-20-17(16)22)12-6-2-1-3-7-12/h1-11H,(H,20,22)(H,21,23). The zero-order chi connectivity index (χ0) is 16.2. The van der Waals surface area contributed by atoms with Crippen LogP contribution in [0.3, 0.4) is 0 Å². The van der Waals surface area contributed by atoms with E-state index in [1.165, 1.54) is 0 Å². The minimum Gasteiger partial charge on any atom is -0.328 e. The number of benzene rings is 2. The smallest absolute Gasteiger partial charge is 0.261 e. The Bertz CT molecular complexity index is 904. The molecule has 0 saturated heterocycles. The molecule has 4 nitrogen and oxygen atoms in total. The van der Waals surface area contributed by atoms with E-state index in [0.29, 0.717) is 11.3 Å². The highest BCUT2D eigenvalue weighted by atomic mass is 79.9. The predicted octanol–water partition coefficient (Wildman–Crippen LogP) is 4.06. The fourth-order valence-corrected chi connectivity index (χ4v) is 2.69. The molecule has 0 radical (unpaired) electrons. The van der Waals surface area contributed by atoms with Gasteiger partial charge in [0.1, 0.15) is 5.56 Å². The SMILES string of the molecule is O=C(Nc1ccccc1Br)c1c(-c2ccccc2)cc[nH]c1=O. The first kappa shape index (κ1) is 15.2. The van der Waals surface area contributed by atoms with Crippen molar-refractivity contribution in [2.75, 3.05) is 5.32 Å². The van der Waals surface area contributed by atoms with Gasteiger partial charge in [0.15, 0.2) is 0 Å². The van der Waals surface area contributed by atoms with Crippen LogP contribution in [0.4, 0.5) is 5.69 Å². The number of hydrogen-bond donors (Lipinski definition) is 2. The van der Waals surface area contributed by atoms with Crippen molar-refractivity contribution in [1.29, 1.82) is 0 Å². The molecule has 3 rings (SSSR count). The third-order valence-corrected chi connectivity index (χ3v) is 4.09. The zero-order valence-electron chi connectivity index (χ0n) is 12.0. The Kier molecular flexibility index (Phi) is 4.39. The van der Waals surface area contributed by atoms with E-state index in [1.807, 2.05) is 48.5 Å². The molecule has 0 saturated carbocycles. The number of H-pyrrole nitrogens is 1. The molecule has 1 aromatic heterocycles. The fourth-order valence-electron chi connectivity index (χ4n) is 2.31. The van der Waals surface area contributed by atoms with Crippen molar-refractivity contribution in [2.45, 2.75) is 0 Å². The summed E-state index contributed by atoms with van der Waals surface area (Å²) in [5.41, 5.74) is 1.69. The normalized spacial score (nSPS) is 10.3. The first-order valence-electron chi connectivity index (χ1n) is 7.00. The van der Waals surface area contributed by atoms with Gasteiger partial charge in [-0.1, -0.05) is 42.5 Å². The molecule has 1 amide bonds. The van der Waals surface area contributed by atoms with Gasteiger partial charge < -0.3 is 10.3 Å². The number of hydrogen-bond acceptors (Lipinski definition) is 2. The van der Waals surface area contributed by atoms with Gasteiger partial charge in [0.05, 0.1) is 5.69 Å². The van der Waals surface area contributed by atoms with E-state index in [1.54, 1.807) is 18.3 Å². The number of carbonyl (C=O) groups is 1. The summed E-state index contributed by atoms with van der Waals surface area (Å²) in [6.07, 6.45) is 1.54. The summed E-state index contributed by atoms with van der Waals surface area (Å²) in [5.74, 6) is -0.447. The second kappa shape index (κ2) is 6.62. The molecule has 23 heavy (non-hydrogen) atoms. The second-order valence-electron chi connectivity index (χ2n) is 4.90. The molecule has 0 spiro atoms. The first-order valence-corrected chi connectivity index (χ1v) is 7.79. The number of anilines is 1. The van der Waals surface area contributed by atoms with Crippen LogP contribution < -0.4 is 10.9 Å². The van der Waals surface area contributed by atoms with Crippen molar-refractivity contribution < 1.29 is 4.79 Å². The van der Waals surface area contributed by atoms with Crippen molar-refractivity contribution in [3.05, 3.63) is 87.3 Å². The number of halogens is 1. The molecule has 2 aromatic carbocycles. The van der Waals surface area contributed by atoms with E-state index < -0.39 is 11.5 Å². The maximum absolute atomic E-state index is 12.6. The van der Waals surface area contributed by atoms with E-state index >= 15 is 0 Å². The Morgan fingerprint density at radius 2 is 1.65 bits per heavy atom. The fraction of sp³-hybridized carbons (Fsp3) is 0. The number of aromatic amines is 1. The van der Waals surface area contributed by atoms with Crippen LogP contribution in [0, 0.1) is 0 Å². The molecule has 3 aromatic rings. The van der Waals surface area contributed by atoms with E-state index in [-0.39, 0.29) is 5.56 Å². The Hall–Kier alpha value is -2.66. The molecule has 2 N–H and O–H groups in total. The molecule has 0 fully saturated rings. The predicted molar refractivity (Wildman–Crippen MR) is 94.6 cm³/mol. The summed E-state index contributed by atoms with van der Waals surface area (Å²) in [6.45, 7) is 0. The van der Waals surface area contributed by atoms with Gasteiger partial charge >= 0.3 is 0 Å². The van der Waals surface area contributed by atoms with Crippen molar-refractivity contribution in [3.63, 3.8) is 0 Å². The average Bonchev–Trinajstić information content (AvgIpc) is 2.57. The van der Waals surface area contributed by atoms with Crippen LogP contribution in [0.15, 0.2) is 76.1 Å². The van der Waals surface area contributed by atoms with Crippen molar-refractivity contribution in [2.24, 2.45) is 0 Å². The van der Waals surface area contributed by atoms with Gasteiger partial charge in [0, 0.05) is 16.2 Å². The van der Waals surface area contributed by atoms with Gasteiger partial charge in [-0.25, -0.2) is 0 Å². The number of nitrogens with one attached hydrogen (secondary N) is 2. The zero-order valence-corrected chi connectivity index (χ0v) is 13.6. The third kappa shape index (κ3) is 3.24. The lowest BCUT2D eigenvalue weighted by molar-refractivity contribution is 0.102. The largest absolute Gasteiger partial charge is 0.328 e. The Labute approximate surface area is 141 Å². The second-order valence-corrected chi connectivity index (χ2v) is 5.75.